The smallest absolute Gasteiger partial charge is 0.170 e. The van der Waals surface area contributed by atoms with Gasteiger partial charge in [0.25, 0.3) is 0 Å². The standard InChI is InChI=1S/C6H14N2O2/c7-3-4-1-2-5(8)6(9)10-4/h4-6,9H,1-3,7-8H2/t4-,5+,6-/m0/s1. The van der Waals surface area contributed by atoms with Gasteiger partial charge in [0.05, 0.1) is 12.1 Å². The van der Waals surface area contributed by atoms with Gasteiger partial charge in [-0.2, -0.15) is 0 Å². The first-order valence-electron chi connectivity index (χ1n) is 3.53. The van der Waals surface area contributed by atoms with E-state index in [-0.39, 0.29) is 12.1 Å². The van der Waals surface area contributed by atoms with E-state index in [2.05, 4.69) is 0 Å². The third-order valence-electron chi connectivity index (χ3n) is 1.78. The zero-order valence-electron chi connectivity index (χ0n) is 5.86. The Morgan fingerprint density at radius 1 is 1.50 bits per heavy atom. The average Bonchev–Trinajstić information content (AvgIpc) is 1.95. The molecule has 0 aromatic rings. The quantitative estimate of drug-likeness (QED) is 0.432. The lowest BCUT2D eigenvalue weighted by Crippen LogP contribution is -2.46. The third-order valence-corrected chi connectivity index (χ3v) is 1.78. The molecule has 1 aliphatic rings. The van der Waals surface area contributed by atoms with E-state index in [0.29, 0.717) is 6.54 Å². The summed E-state index contributed by atoms with van der Waals surface area (Å²) in [6.07, 6.45) is 0.828. The summed E-state index contributed by atoms with van der Waals surface area (Å²) in [6, 6.07) is -0.234. The lowest BCUT2D eigenvalue weighted by atomic mass is 10.0. The lowest BCUT2D eigenvalue weighted by Gasteiger charge is -2.30. The fraction of sp³-hybridized carbons (Fsp3) is 1.00. The summed E-state index contributed by atoms with van der Waals surface area (Å²) in [7, 11) is 0. The molecule has 0 saturated carbocycles. The van der Waals surface area contributed by atoms with Crippen LogP contribution in [0.1, 0.15) is 12.8 Å². The van der Waals surface area contributed by atoms with E-state index < -0.39 is 6.29 Å². The van der Waals surface area contributed by atoms with Crippen LogP contribution in [0.2, 0.25) is 0 Å². The molecule has 4 heteroatoms. The molecular formula is C6H14N2O2. The summed E-state index contributed by atoms with van der Waals surface area (Å²) in [6.45, 7) is 0.462. The van der Waals surface area contributed by atoms with Crippen LogP contribution in [-0.4, -0.2) is 30.1 Å². The predicted octanol–water partition coefficient (Wildman–Crippen LogP) is -1.23. The van der Waals surface area contributed by atoms with Gasteiger partial charge in [-0.05, 0) is 12.8 Å². The zero-order chi connectivity index (χ0) is 7.56. The third kappa shape index (κ3) is 1.67. The first kappa shape index (κ1) is 7.94. The Balaban J connectivity index is 2.33. The molecule has 4 nitrogen and oxygen atoms in total. The van der Waals surface area contributed by atoms with E-state index in [1.165, 1.54) is 0 Å². The predicted molar refractivity (Wildman–Crippen MR) is 37.1 cm³/mol. The minimum Gasteiger partial charge on any atom is -0.367 e. The second-order valence-electron chi connectivity index (χ2n) is 2.63. The Labute approximate surface area is 60.1 Å². The average molecular weight is 146 g/mol. The van der Waals surface area contributed by atoms with Crippen LogP contribution in [0.5, 0.6) is 0 Å². The van der Waals surface area contributed by atoms with Gasteiger partial charge in [0.1, 0.15) is 0 Å². The number of hydrogen-bond donors (Lipinski definition) is 3. The number of aliphatic hydroxyl groups excluding tert-OH is 1. The van der Waals surface area contributed by atoms with E-state index in [4.69, 9.17) is 21.3 Å². The van der Waals surface area contributed by atoms with E-state index in [1.807, 2.05) is 0 Å². The van der Waals surface area contributed by atoms with Gasteiger partial charge < -0.3 is 21.3 Å². The Morgan fingerprint density at radius 3 is 2.70 bits per heavy atom. The molecule has 0 unspecified atom stereocenters. The zero-order valence-corrected chi connectivity index (χ0v) is 5.86. The Hall–Kier alpha value is -0.160. The Bertz CT molecular complexity index is 110. The molecule has 3 atom stereocenters. The molecule has 0 radical (unpaired) electrons. The van der Waals surface area contributed by atoms with Gasteiger partial charge in [-0.1, -0.05) is 0 Å². The minimum atomic E-state index is -0.817. The normalized spacial score (nSPS) is 41.7. The molecule has 0 spiro atoms. The van der Waals surface area contributed by atoms with Gasteiger partial charge in [-0.3, -0.25) is 0 Å². The van der Waals surface area contributed by atoms with Gasteiger partial charge in [0, 0.05) is 6.54 Å². The monoisotopic (exact) mass is 146 g/mol. The van der Waals surface area contributed by atoms with Crippen molar-refractivity contribution in [1.29, 1.82) is 0 Å². The molecule has 60 valence electrons. The van der Waals surface area contributed by atoms with Crippen molar-refractivity contribution in [3.05, 3.63) is 0 Å². The van der Waals surface area contributed by atoms with Crippen molar-refractivity contribution in [2.45, 2.75) is 31.3 Å². The van der Waals surface area contributed by atoms with Gasteiger partial charge >= 0.3 is 0 Å². The van der Waals surface area contributed by atoms with Crippen LogP contribution in [0.15, 0.2) is 0 Å². The Kier molecular flexibility index (Phi) is 2.62. The summed E-state index contributed by atoms with van der Waals surface area (Å²) in [5.41, 5.74) is 10.8. The van der Waals surface area contributed by atoms with E-state index in [0.717, 1.165) is 12.8 Å². The lowest BCUT2D eigenvalue weighted by molar-refractivity contribution is -0.169. The maximum absolute atomic E-state index is 9.08. The highest BCUT2D eigenvalue weighted by Gasteiger charge is 2.25. The molecule has 1 heterocycles. The molecule has 0 aliphatic carbocycles. The summed E-state index contributed by atoms with van der Waals surface area (Å²) in [4.78, 5) is 0. The van der Waals surface area contributed by atoms with Gasteiger partial charge in [0.2, 0.25) is 0 Å². The number of rotatable bonds is 1. The van der Waals surface area contributed by atoms with E-state index in [9.17, 15) is 0 Å². The maximum Gasteiger partial charge on any atom is 0.170 e. The van der Waals surface area contributed by atoms with Crippen molar-refractivity contribution in [2.75, 3.05) is 6.54 Å². The fourth-order valence-corrected chi connectivity index (χ4v) is 1.06. The topological polar surface area (TPSA) is 81.5 Å². The second-order valence-corrected chi connectivity index (χ2v) is 2.63. The molecule has 1 fully saturated rings. The van der Waals surface area contributed by atoms with Crippen molar-refractivity contribution in [3.63, 3.8) is 0 Å². The Morgan fingerprint density at radius 2 is 2.20 bits per heavy atom. The molecule has 1 aliphatic heterocycles. The van der Waals surface area contributed by atoms with Crippen LogP contribution in [0.3, 0.4) is 0 Å². The van der Waals surface area contributed by atoms with Crippen LogP contribution >= 0.6 is 0 Å². The van der Waals surface area contributed by atoms with Crippen LogP contribution in [0.25, 0.3) is 0 Å². The maximum atomic E-state index is 9.08. The summed E-state index contributed by atoms with van der Waals surface area (Å²) in [5, 5.41) is 9.08. The van der Waals surface area contributed by atoms with Crippen molar-refractivity contribution < 1.29 is 9.84 Å². The first-order valence-corrected chi connectivity index (χ1v) is 3.53. The molecule has 10 heavy (non-hydrogen) atoms. The highest BCUT2D eigenvalue weighted by Crippen LogP contribution is 2.15. The van der Waals surface area contributed by atoms with Crippen LogP contribution < -0.4 is 11.5 Å². The highest BCUT2D eigenvalue weighted by atomic mass is 16.6. The van der Waals surface area contributed by atoms with Crippen LogP contribution in [-0.2, 0) is 4.74 Å². The molecule has 1 rings (SSSR count). The molecule has 0 aromatic heterocycles. The molecule has 1 saturated heterocycles. The highest BCUT2D eigenvalue weighted by molar-refractivity contribution is 4.75. The number of nitrogens with two attached hydrogens (primary N) is 2. The molecular weight excluding hydrogens is 132 g/mol. The van der Waals surface area contributed by atoms with Crippen LogP contribution in [0, 0.1) is 0 Å². The van der Waals surface area contributed by atoms with Crippen molar-refractivity contribution in [3.8, 4) is 0 Å². The molecule has 0 bridgehead atoms. The SMILES string of the molecule is NC[C@@H]1CC[C@@H](N)[C@@H](O)O1. The summed E-state index contributed by atoms with van der Waals surface area (Å²) < 4.78 is 5.05. The summed E-state index contributed by atoms with van der Waals surface area (Å²) in [5.74, 6) is 0. The number of hydrogen-bond acceptors (Lipinski definition) is 4. The molecule has 5 N–H and O–H groups in total. The van der Waals surface area contributed by atoms with Crippen LogP contribution in [0.4, 0.5) is 0 Å². The number of ether oxygens (including phenoxy) is 1. The van der Waals surface area contributed by atoms with E-state index in [1.54, 1.807) is 0 Å². The molecule has 0 amide bonds. The van der Waals surface area contributed by atoms with Gasteiger partial charge in [-0.25, -0.2) is 0 Å². The van der Waals surface area contributed by atoms with E-state index >= 15 is 0 Å². The number of aliphatic hydroxyl groups is 1. The second kappa shape index (κ2) is 3.30. The van der Waals surface area contributed by atoms with Crippen molar-refractivity contribution >= 4 is 0 Å². The molecule has 0 aromatic carbocycles. The van der Waals surface area contributed by atoms with Gasteiger partial charge in [-0.15, -0.1) is 0 Å². The minimum absolute atomic E-state index is 0.00481. The largest absolute Gasteiger partial charge is 0.367 e. The van der Waals surface area contributed by atoms with Crippen molar-refractivity contribution in [1.82, 2.24) is 0 Å². The van der Waals surface area contributed by atoms with Crippen molar-refractivity contribution in [2.24, 2.45) is 11.5 Å². The summed E-state index contributed by atoms with van der Waals surface area (Å²) >= 11 is 0. The van der Waals surface area contributed by atoms with Gasteiger partial charge in [0.15, 0.2) is 6.29 Å². The fourth-order valence-electron chi connectivity index (χ4n) is 1.06. The first-order chi connectivity index (χ1) is 4.74.